The standard InChI is InChI=1S/C14H10N4O6/c19-15-13(9-5-7-10(8-6-9)17(21)22)14(16-20)11-3-1-2-4-12(11)18(23)24/h1-8,13-14H. The summed E-state index contributed by atoms with van der Waals surface area (Å²) in [5.74, 6) is 0. The van der Waals surface area contributed by atoms with E-state index < -0.39 is 21.9 Å². The van der Waals surface area contributed by atoms with Crippen LogP contribution in [0.1, 0.15) is 23.2 Å². The van der Waals surface area contributed by atoms with Gasteiger partial charge in [-0.05, 0) is 23.8 Å². The molecule has 2 unspecified atom stereocenters. The number of hydrogen-bond donors (Lipinski definition) is 0. The van der Waals surface area contributed by atoms with E-state index in [1.807, 2.05) is 0 Å². The number of nitro groups is 2. The fourth-order valence-electron chi connectivity index (χ4n) is 2.28. The molecule has 0 heterocycles. The highest BCUT2D eigenvalue weighted by molar-refractivity contribution is 5.44. The first kappa shape index (κ1) is 16.8. The molecule has 10 nitrogen and oxygen atoms in total. The average molecular weight is 330 g/mol. The van der Waals surface area contributed by atoms with Crippen LogP contribution in [0.25, 0.3) is 0 Å². The van der Waals surface area contributed by atoms with Gasteiger partial charge in [-0.15, -0.1) is 0 Å². The van der Waals surface area contributed by atoms with E-state index in [1.165, 1.54) is 36.4 Å². The number of non-ortho nitro benzene ring substituents is 1. The zero-order valence-electron chi connectivity index (χ0n) is 12.0. The molecule has 0 aliphatic heterocycles. The van der Waals surface area contributed by atoms with E-state index in [2.05, 4.69) is 10.4 Å². The van der Waals surface area contributed by atoms with Gasteiger partial charge in [0.2, 0.25) is 0 Å². The smallest absolute Gasteiger partial charge is 0.258 e. The van der Waals surface area contributed by atoms with E-state index in [-0.39, 0.29) is 22.5 Å². The lowest BCUT2D eigenvalue weighted by molar-refractivity contribution is -0.385. The van der Waals surface area contributed by atoms with Gasteiger partial charge in [-0.1, -0.05) is 22.5 Å². The van der Waals surface area contributed by atoms with Crippen LogP contribution in [0.4, 0.5) is 11.4 Å². The van der Waals surface area contributed by atoms with E-state index >= 15 is 0 Å². The van der Waals surface area contributed by atoms with Crippen LogP contribution in [0.3, 0.4) is 0 Å². The van der Waals surface area contributed by atoms with E-state index in [4.69, 9.17) is 0 Å². The molecule has 2 aromatic rings. The SMILES string of the molecule is O=NC(c1ccc([N+](=O)[O-])cc1)C(N=O)c1ccccc1[N+](=O)[O-]. The highest BCUT2D eigenvalue weighted by Crippen LogP contribution is 2.39. The summed E-state index contributed by atoms with van der Waals surface area (Å²) in [7, 11) is 0. The van der Waals surface area contributed by atoms with Crippen molar-refractivity contribution in [3.63, 3.8) is 0 Å². The summed E-state index contributed by atoms with van der Waals surface area (Å²) in [4.78, 5) is 42.9. The van der Waals surface area contributed by atoms with Gasteiger partial charge < -0.3 is 0 Å². The third-order valence-corrected chi connectivity index (χ3v) is 3.42. The number of nitro benzene ring substituents is 2. The van der Waals surface area contributed by atoms with Crippen LogP contribution < -0.4 is 0 Å². The van der Waals surface area contributed by atoms with Crippen LogP contribution in [-0.4, -0.2) is 9.85 Å². The number of nitroso groups, excluding NO2 is 2. The van der Waals surface area contributed by atoms with Gasteiger partial charge in [0.25, 0.3) is 11.4 Å². The molecule has 0 fully saturated rings. The molecule has 10 heteroatoms. The monoisotopic (exact) mass is 330 g/mol. The number of hydrogen-bond acceptors (Lipinski definition) is 8. The molecule has 0 saturated heterocycles. The first-order valence-corrected chi connectivity index (χ1v) is 6.62. The van der Waals surface area contributed by atoms with Crippen molar-refractivity contribution in [2.45, 2.75) is 12.1 Å². The van der Waals surface area contributed by atoms with E-state index in [0.29, 0.717) is 0 Å². The summed E-state index contributed by atoms with van der Waals surface area (Å²) in [5, 5.41) is 27.4. The summed E-state index contributed by atoms with van der Waals surface area (Å²) in [6.07, 6.45) is 0. The molecule has 0 N–H and O–H groups in total. The first-order chi connectivity index (χ1) is 11.5. The molecule has 122 valence electrons. The predicted octanol–water partition coefficient (Wildman–Crippen LogP) is 3.82. The van der Waals surface area contributed by atoms with Gasteiger partial charge >= 0.3 is 0 Å². The van der Waals surface area contributed by atoms with Crippen molar-refractivity contribution in [1.82, 2.24) is 0 Å². The van der Waals surface area contributed by atoms with Crippen molar-refractivity contribution in [1.29, 1.82) is 0 Å². The fraction of sp³-hybridized carbons (Fsp3) is 0.143. The molecule has 2 rings (SSSR count). The maximum atomic E-state index is 11.2. The Labute approximate surface area is 134 Å². The molecule has 0 aliphatic carbocycles. The van der Waals surface area contributed by atoms with Crippen molar-refractivity contribution in [3.8, 4) is 0 Å². The molecule has 2 aromatic carbocycles. The lowest BCUT2D eigenvalue weighted by atomic mass is 9.93. The Morgan fingerprint density at radius 1 is 0.792 bits per heavy atom. The largest absolute Gasteiger partial charge is 0.274 e. The summed E-state index contributed by atoms with van der Waals surface area (Å²) < 4.78 is 0. The number of rotatable bonds is 7. The highest BCUT2D eigenvalue weighted by Gasteiger charge is 2.32. The second kappa shape index (κ2) is 7.13. The molecule has 0 radical (unpaired) electrons. The van der Waals surface area contributed by atoms with Crippen molar-refractivity contribution in [2.75, 3.05) is 0 Å². The zero-order chi connectivity index (χ0) is 17.7. The zero-order valence-corrected chi connectivity index (χ0v) is 12.0. The summed E-state index contributed by atoms with van der Waals surface area (Å²) in [6, 6.07) is 7.43. The van der Waals surface area contributed by atoms with Crippen LogP contribution in [-0.2, 0) is 0 Å². The third kappa shape index (κ3) is 3.27. The summed E-state index contributed by atoms with van der Waals surface area (Å²) >= 11 is 0. The molecule has 0 amide bonds. The minimum absolute atomic E-state index is 0.0551. The fourth-order valence-corrected chi connectivity index (χ4v) is 2.28. The van der Waals surface area contributed by atoms with Crippen molar-refractivity contribution in [2.24, 2.45) is 10.4 Å². The van der Waals surface area contributed by atoms with Crippen molar-refractivity contribution >= 4 is 11.4 Å². The highest BCUT2D eigenvalue weighted by atomic mass is 16.6. The molecule has 0 aromatic heterocycles. The second-order valence-corrected chi connectivity index (χ2v) is 4.77. The lowest BCUT2D eigenvalue weighted by Crippen LogP contribution is -2.09. The first-order valence-electron chi connectivity index (χ1n) is 6.62. The van der Waals surface area contributed by atoms with E-state index in [1.54, 1.807) is 0 Å². The van der Waals surface area contributed by atoms with Crippen LogP contribution in [0.5, 0.6) is 0 Å². The Morgan fingerprint density at radius 3 is 1.88 bits per heavy atom. The number of benzene rings is 2. The maximum Gasteiger partial charge on any atom is 0.274 e. The Bertz CT molecular complexity index is 792. The van der Waals surface area contributed by atoms with E-state index in [9.17, 15) is 30.0 Å². The summed E-state index contributed by atoms with van der Waals surface area (Å²) in [6.45, 7) is 0. The van der Waals surface area contributed by atoms with E-state index in [0.717, 1.165) is 12.1 Å². The molecule has 2 atom stereocenters. The summed E-state index contributed by atoms with van der Waals surface area (Å²) in [5.41, 5.74) is -0.429. The molecule has 24 heavy (non-hydrogen) atoms. The Kier molecular flexibility index (Phi) is 5.00. The van der Waals surface area contributed by atoms with Crippen molar-refractivity contribution < 1.29 is 9.85 Å². The van der Waals surface area contributed by atoms with Gasteiger partial charge in [0.1, 0.15) is 6.04 Å². The van der Waals surface area contributed by atoms with Crippen LogP contribution in [0, 0.1) is 30.0 Å². The Balaban J connectivity index is 2.47. The Hall–Kier alpha value is -3.56. The second-order valence-electron chi connectivity index (χ2n) is 4.77. The molecule has 0 bridgehead atoms. The van der Waals surface area contributed by atoms with Gasteiger partial charge in [-0.3, -0.25) is 20.2 Å². The molecule has 0 spiro atoms. The maximum absolute atomic E-state index is 11.2. The number of nitrogens with zero attached hydrogens (tertiary/aromatic N) is 4. The predicted molar refractivity (Wildman–Crippen MR) is 83.3 cm³/mol. The molecule has 0 aliphatic rings. The topological polar surface area (TPSA) is 145 Å². The molecular weight excluding hydrogens is 320 g/mol. The van der Waals surface area contributed by atoms with Crippen LogP contribution in [0.15, 0.2) is 58.9 Å². The lowest BCUT2D eigenvalue weighted by Gasteiger charge is -2.15. The van der Waals surface area contributed by atoms with Gasteiger partial charge in [-0.25, -0.2) is 0 Å². The Morgan fingerprint density at radius 2 is 1.38 bits per heavy atom. The molecule has 0 saturated carbocycles. The van der Waals surface area contributed by atoms with Gasteiger partial charge in [0, 0.05) is 18.2 Å². The van der Waals surface area contributed by atoms with Crippen LogP contribution >= 0.6 is 0 Å². The number of para-hydroxylation sites is 1. The van der Waals surface area contributed by atoms with Gasteiger partial charge in [0.05, 0.1) is 15.4 Å². The minimum atomic E-state index is -1.43. The third-order valence-electron chi connectivity index (χ3n) is 3.42. The van der Waals surface area contributed by atoms with Crippen LogP contribution in [0.2, 0.25) is 0 Å². The average Bonchev–Trinajstić information content (AvgIpc) is 2.59. The quantitative estimate of drug-likeness (QED) is 0.428. The normalized spacial score (nSPS) is 12.8. The van der Waals surface area contributed by atoms with Crippen molar-refractivity contribution in [3.05, 3.63) is 89.7 Å². The molecular formula is C14H10N4O6. The van der Waals surface area contributed by atoms with Gasteiger partial charge in [-0.2, -0.15) is 9.81 Å². The minimum Gasteiger partial charge on any atom is -0.258 e. The van der Waals surface area contributed by atoms with Gasteiger partial charge in [0.15, 0.2) is 6.04 Å².